The van der Waals surface area contributed by atoms with Gasteiger partial charge in [0.25, 0.3) is 5.91 Å². The highest BCUT2D eigenvalue weighted by molar-refractivity contribution is 5.97. The van der Waals surface area contributed by atoms with E-state index in [0.717, 1.165) is 11.3 Å². The van der Waals surface area contributed by atoms with Crippen LogP contribution in [-0.4, -0.2) is 78.5 Å². The Labute approximate surface area is 234 Å². The molecule has 208 valence electrons. The first-order valence-electron chi connectivity index (χ1n) is 13.5. The molecule has 2 heterocycles. The number of rotatable bonds is 7. The zero-order valence-electron chi connectivity index (χ0n) is 23.0. The van der Waals surface area contributed by atoms with Crippen molar-refractivity contribution >= 4 is 29.2 Å². The summed E-state index contributed by atoms with van der Waals surface area (Å²) in [6.07, 6.45) is 0.938. The third kappa shape index (κ3) is 5.59. The fourth-order valence-corrected chi connectivity index (χ4v) is 5.53. The first-order valence-corrected chi connectivity index (χ1v) is 13.5. The van der Waals surface area contributed by atoms with Gasteiger partial charge in [-0.15, -0.1) is 0 Å². The van der Waals surface area contributed by atoms with E-state index in [1.54, 1.807) is 34.9 Å². The molecule has 9 nitrogen and oxygen atoms in total. The van der Waals surface area contributed by atoms with Crippen molar-refractivity contribution in [3.63, 3.8) is 0 Å². The van der Waals surface area contributed by atoms with E-state index in [2.05, 4.69) is 10.2 Å². The second kappa shape index (κ2) is 11.7. The molecule has 0 radical (unpaired) electrons. The number of nitrogens with zero attached hydrogens (tertiary/aromatic N) is 4. The number of likely N-dealkylation sites (tertiary alicyclic amines) is 1. The van der Waals surface area contributed by atoms with Gasteiger partial charge in [0, 0.05) is 44.1 Å². The number of carbonyl (C=O) groups is 3. The Morgan fingerprint density at radius 3 is 2.30 bits per heavy atom. The first kappa shape index (κ1) is 27.1. The number of hydrogen-bond acceptors (Lipinski definition) is 5. The Hall–Kier alpha value is -4.53. The predicted octanol–water partition coefficient (Wildman–Crippen LogP) is 4.03. The van der Waals surface area contributed by atoms with Crippen molar-refractivity contribution in [3.8, 4) is 5.75 Å². The number of carbonyl (C=O) groups excluding carboxylic acids is 3. The molecule has 1 N–H and O–H groups in total. The number of ether oxygens (including phenoxy) is 1. The maximum Gasteiger partial charge on any atom is 0.321 e. The zero-order valence-corrected chi connectivity index (χ0v) is 23.0. The SMILES string of the molecule is COc1cccc(NC(=O)N2CCC3(CC2)C(=O)N(CC(=O)N(C)Cc2ccccc2)CN3c2ccccc2)c1. The van der Waals surface area contributed by atoms with E-state index in [1.807, 2.05) is 78.9 Å². The molecule has 2 aliphatic heterocycles. The number of anilines is 2. The summed E-state index contributed by atoms with van der Waals surface area (Å²) < 4.78 is 5.25. The van der Waals surface area contributed by atoms with Gasteiger partial charge < -0.3 is 29.7 Å². The lowest BCUT2D eigenvalue weighted by molar-refractivity contribution is -0.140. The van der Waals surface area contributed by atoms with Gasteiger partial charge in [-0.1, -0.05) is 54.6 Å². The highest BCUT2D eigenvalue weighted by Gasteiger charge is 2.54. The van der Waals surface area contributed by atoms with Gasteiger partial charge in [-0.3, -0.25) is 9.59 Å². The van der Waals surface area contributed by atoms with Crippen LogP contribution in [0, 0.1) is 0 Å². The van der Waals surface area contributed by atoms with Crippen LogP contribution in [0.25, 0.3) is 0 Å². The predicted molar refractivity (Wildman–Crippen MR) is 154 cm³/mol. The molecular weight excluding hydrogens is 506 g/mol. The summed E-state index contributed by atoms with van der Waals surface area (Å²) in [5, 5.41) is 2.93. The molecule has 3 aromatic carbocycles. The number of para-hydroxylation sites is 1. The average molecular weight is 542 g/mol. The summed E-state index contributed by atoms with van der Waals surface area (Å²) in [5.41, 5.74) is 1.80. The monoisotopic (exact) mass is 541 g/mol. The van der Waals surface area contributed by atoms with Gasteiger partial charge in [0.05, 0.1) is 13.8 Å². The molecule has 0 atom stereocenters. The summed E-state index contributed by atoms with van der Waals surface area (Å²) in [6.45, 7) is 1.64. The quantitative estimate of drug-likeness (QED) is 0.488. The third-order valence-electron chi connectivity index (χ3n) is 7.80. The van der Waals surface area contributed by atoms with Gasteiger partial charge in [0.1, 0.15) is 17.8 Å². The van der Waals surface area contributed by atoms with Crippen molar-refractivity contribution in [1.82, 2.24) is 14.7 Å². The summed E-state index contributed by atoms with van der Waals surface area (Å²) in [5.74, 6) is 0.484. The fourth-order valence-electron chi connectivity index (χ4n) is 5.53. The van der Waals surface area contributed by atoms with Gasteiger partial charge in [0.15, 0.2) is 0 Å². The molecule has 0 saturated carbocycles. The minimum atomic E-state index is -0.813. The molecule has 40 heavy (non-hydrogen) atoms. The summed E-state index contributed by atoms with van der Waals surface area (Å²) >= 11 is 0. The van der Waals surface area contributed by atoms with Crippen LogP contribution < -0.4 is 15.0 Å². The van der Waals surface area contributed by atoms with Crippen molar-refractivity contribution in [1.29, 1.82) is 0 Å². The maximum absolute atomic E-state index is 14.0. The van der Waals surface area contributed by atoms with E-state index in [1.165, 1.54) is 0 Å². The number of methoxy groups -OCH3 is 1. The zero-order chi connectivity index (χ0) is 28.1. The Balaban J connectivity index is 1.29. The number of hydrogen-bond donors (Lipinski definition) is 1. The van der Waals surface area contributed by atoms with E-state index in [0.29, 0.717) is 50.6 Å². The van der Waals surface area contributed by atoms with Crippen molar-refractivity contribution in [2.24, 2.45) is 0 Å². The van der Waals surface area contributed by atoms with E-state index in [9.17, 15) is 14.4 Å². The van der Waals surface area contributed by atoms with Gasteiger partial charge >= 0.3 is 6.03 Å². The lowest BCUT2D eigenvalue weighted by atomic mass is 9.85. The second-order valence-electron chi connectivity index (χ2n) is 10.3. The molecule has 0 unspecified atom stereocenters. The Kier molecular flexibility index (Phi) is 7.91. The van der Waals surface area contributed by atoms with Crippen LogP contribution in [-0.2, 0) is 16.1 Å². The smallest absolute Gasteiger partial charge is 0.321 e. The van der Waals surface area contributed by atoms with Gasteiger partial charge in [0.2, 0.25) is 5.91 Å². The van der Waals surface area contributed by atoms with Crippen LogP contribution in [0.15, 0.2) is 84.9 Å². The summed E-state index contributed by atoms with van der Waals surface area (Å²) in [6, 6.07) is 26.6. The molecule has 2 fully saturated rings. The summed E-state index contributed by atoms with van der Waals surface area (Å²) in [7, 11) is 3.35. The molecule has 0 aliphatic carbocycles. The third-order valence-corrected chi connectivity index (χ3v) is 7.80. The van der Waals surface area contributed by atoms with Gasteiger partial charge in [-0.25, -0.2) is 4.79 Å². The minimum absolute atomic E-state index is 0.00723. The van der Waals surface area contributed by atoms with Crippen molar-refractivity contribution in [3.05, 3.63) is 90.5 Å². The normalized spacial score (nSPS) is 16.2. The Bertz CT molecular complexity index is 1340. The van der Waals surface area contributed by atoms with Crippen molar-refractivity contribution in [2.75, 3.05) is 50.7 Å². The Morgan fingerprint density at radius 2 is 1.62 bits per heavy atom. The summed E-state index contributed by atoms with van der Waals surface area (Å²) in [4.78, 5) is 47.4. The number of likely N-dealkylation sites (N-methyl/N-ethyl adjacent to an activating group) is 1. The maximum atomic E-state index is 14.0. The molecule has 3 aromatic rings. The van der Waals surface area contributed by atoms with E-state index in [4.69, 9.17) is 4.74 Å². The van der Waals surface area contributed by atoms with E-state index in [-0.39, 0.29) is 24.4 Å². The fraction of sp³-hybridized carbons (Fsp3) is 0.323. The molecular formula is C31H35N5O4. The first-order chi connectivity index (χ1) is 19.4. The van der Waals surface area contributed by atoms with E-state index < -0.39 is 5.54 Å². The molecule has 0 aromatic heterocycles. The van der Waals surface area contributed by atoms with Crippen LogP contribution in [0.2, 0.25) is 0 Å². The molecule has 2 saturated heterocycles. The average Bonchev–Trinajstić information content (AvgIpc) is 3.24. The van der Waals surface area contributed by atoms with Crippen LogP contribution >= 0.6 is 0 Å². The number of nitrogens with one attached hydrogen (secondary N) is 1. The highest BCUT2D eigenvalue weighted by atomic mass is 16.5. The Morgan fingerprint density at radius 1 is 0.950 bits per heavy atom. The standard InChI is InChI=1S/C31H35N5O4/c1-33(21-24-10-5-3-6-11-24)28(37)22-35-23-36(26-13-7-4-8-14-26)31(29(35)38)16-18-34(19-17-31)30(39)32-25-12-9-15-27(20-25)40-2/h3-15,20H,16-19,21-23H2,1-2H3,(H,32,39). The minimum Gasteiger partial charge on any atom is -0.497 e. The van der Waals surface area contributed by atoms with Crippen molar-refractivity contribution < 1.29 is 19.1 Å². The van der Waals surface area contributed by atoms with Crippen LogP contribution in [0.4, 0.5) is 16.2 Å². The number of urea groups is 1. The van der Waals surface area contributed by atoms with Gasteiger partial charge in [-0.2, -0.15) is 0 Å². The van der Waals surface area contributed by atoms with E-state index >= 15 is 0 Å². The lowest BCUT2D eigenvalue weighted by Gasteiger charge is -2.43. The number of benzene rings is 3. The van der Waals surface area contributed by atoms with Crippen LogP contribution in [0.3, 0.4) is 0 Å². The topological polar surface area (TPSA) is 85.4 Å². The molecule has 5 rings (SSSR count). The lowest BCUT2D eigenvalue weighted by Crippen LogP contribution is -2.58. The van der Waals surface area contributed by atoms with Crippen LogP contribution in [0.1, 0.15) is 18.4 Å². The second-order valence-corrected chi connectivity index (χ2v) is 10.3. The molecule has 0 bridgehead atoms. The van der Waals surface area contributed by atoms with Crippen molar-refractivity contribution in [2.45, 2.75) is 24.9 Å². The molecule has 9 heteroatoms. The largest absolute Gasteiger partial charge is 0.497 e. The highest BCUT2D eigenvalue weighted by Crippen LogP contribution is 2.39. The molecule has 4 amide bonds. The number of piperidine rings is 1. The number of amides is 4. The molecule has 2 aliphatic rings. The van der Waals surface area contributed by atoms with Crippen LogP contribution in [0.5, 0.6) is 5.75 Å². The molecule has 1 spiro atoms. The van der Waals surface area contributed by atoms with Gasteiger partial charge in [-0.05, 0) is 42.7 Å².